The van der Waals surface area contributed by atoms with E-state index in [0.29, 0.717) is 24.3 Å². The number of anilines is 1. The molecule has 0 aliphatic rings. The Morgan fingerprint density at radius 1 is 1.20 bits per heavy atom. The van der Waals surface area contributed by atoms with E-state index < -0.39 is 66.0 Å². The Labute approximate surface area is 205 Å². The lowest BCUT2D eigenvalue weighted by Crippen LogP contribution is -2.50. The molecule has 182 valence electrons. The molecular weight excluding hydrogens is 466 g/mol. The van der Waals surface area contributed by atoms with Crippen molar-refractivity contribution in [2.45, 2.75) is 25.2 Å². The molecule has 0 aliphatic heterocycles. The van der Waals surface area contributed by atoms with Crippen LogP contribution in [0.15, 0.2) is 54.7 Å². The normalized spacial score (nSPS) is 16.8. The van der Waals surface area contributed by atoms with Crippen molar-refractivity contribution >= 4 is 17.5 Å². The molecule has 7 nitrogen and oxygen atoms in total. The van der Waals surface area contributed by atoms with Gasteiger partial charge in [0.2, 0.25) is 5.95 Å². The molecule has 2 heterocycles. The highest BCUT2D eigenvalue weighted by atomic mass is 19.3. The van der Waals surface area contributed by atoms with Gasteiger partial charge in [-0.1, -0.05) is 24.3 Å². The Morgan fingerprint density at radius 2 is 1.94 bits per heavy atom. The van der Waals surface area contributed by atoms with Gasteiger partial charge in [-0.2, -0.15) is 4.98 Å². The summed E-state index contributed by atoms with van der Waals surface area (Å²) in [6.45, 7) is -8.70. The molecule has 35 heavy (non-hydrogen) atoms. The Balaban J connectivity index is 1.74. The van der Waals surface area contributed by atoms with E-state index in [1.807, 2.05) is 0 Å². The lowest BCUT2D eigenvalue weighted by atomic mass is 9.89. The lowest BCUT2D eigenvalue weighted by molar-refractivity contribution is -0.173. The first-order chi connectivity index (χ1) is 18.9. The Kier molecular flexibility index (Phi) is 4.32. The highest BCUT2D eigenvalue weighted by molar-refractivity contribution is 5.97. The zero-order chi connectivity index (χ0) is 30.5. The Morgan fingerprint density at radius 3 is 2.63 bits per heavy atom. The topological polar surface area (TPSA) is 106 Å². The molecule has 4 rings (SSSR count). The van der Waals surface area contributed by atoms with Crippen LogP contribution in [0, 0.1) is 18.5 Å². The van der Waals surface area contributed by atoms with Crippen molar-refractivity contribution in [2.24, 2.45) is 0 Å². The third kappa shape index (κ3) is 4.42. The van der Waals surface area contributed by atoms with Gasteiger partial charge in [0.15, 0.2) is 11.2 Å². The minimum absolute atomic E-state index is 0.0842. The van der Waals surface area contributed by atoms with Crippen LogP contribution in [-0.2, 0) is 5.60 Å². The van der Waals surface area contributed by atoms with Crippen LogP contribution >= 0.6 is 0 Å². The average molecular weight is 493 g/mol. The van der Waals surface area contributed by atoms with E-state index in [1.165, 1.54) is 22.8 Å². The molecule has 4 aromatic rings. The molecule has 0 saturated heterocycles. The molecule has 0 unspecified atom stereocenters. The number of hydrogen-bond acceptors (Lipinski definition) is 5. The summed E-state index contributed by atoms with van der Waals surface area (Å²) in [5, 5.41) is 16.3. The van der Waals surface area contributed by atoms with Crippen molar-refractivity contribution in [3.63, 3.8) is 0 Å². The van der Waals surface area contributed by atoms with Gasteiger partial charge in [0.25, 0.3) is 11.8 Å². The van der Waals surface area contributed by atoms with Gasteiger partial charge in [0.1, 0.15) is 11.6 Å². The van der Waals surface area contributed by atoms with Crippen molar-refractivity contribution in [1.82, 2.24) is 19.9 Å². The molecule has 1 atom stereocenters. The molecule has 2 aromatic carbocycles. The fraction of sp³-hybridized carbons (Fsp3) is 0.208. The largest absolute Gasteiger partial charge is 0.379 e. The zero-order valence-electron chi connectivity index (χ0n) is 23.7. The predicted octanol–water partition coefficient (Wildman–Crippen LogP) is 3.84. The van der Waals surface area contributed by atoms with Gasteiger partial charge in [0.05, 0.1) is 12.1 Å². The number of alkyl halides is 2. The van der Waals surface area contributed by atoms with Crippen molar-refractivity contribution in [1.29, 1.82) is 0 Å². The third-order valence-corrected chi connectivity index (χ3v) is 5.30. The molecule has 0 fully saturated rings. The van der Waals surface area contributed by atoms with Crippen LogP contribution in [0.4, 0.5) is 23.5 Å². The zero-order valence-corrected chi connectivity index (χ0v) is 17.7. The van der Waals surface area contributed by atoms with Gasteiger partial charge < -0.3 is 16.2 Å². The average Bonchev–Trinajstić information content (AvgIpc) is 3.25. The number of aromatic nitrogens is 3. The summed E-state index contributed by atoms with van der Waals surface area (Å²) in [5.74, 6) is -8.61. The summed E-state index contributed by atoms with van der Waals surface area (Å²) in [6.07, 6.45) is 1.37. The van der Waals surface area contributed by atoms with Gasteiger partial charge in [-0.3, -0.25) is 4.79 Å². The predicted molar refractivity (Wildman–Crippen MR) is 121 cm³/mol. The summed E-state index contributed by atoms with van der Waals surface area (Å²) >= 11 is 0. The van der Waals surface area contributed by atoms with Crippen LogP contribution in [0.25, 0.3) is 16.8 Å². The highest BCUT2D eigenvalue weighted by Gasteiger charge is 2.50. The number of nitrogens with two attached hydrogens (primary N) is 1. The summed E-state index contributed by atoms with van der Waals surface area (Å²) in [5.41, 5.74) is -1.13. The molecule has 1 amide bonds. The van der Waals surface area contributed by atoms with Crippen LogP contribution in [0.5, 0.6) is 0 Å². The standard InChI is InChI=1S/C24H21F4N5O2/c1-13-3-8-17(14-9-10-33-18(11-14)31-22(29)32-33)20(26)19(13)21(34)30-12-24(27,28)23(2,35)15-4-6-16(25)7-5-15/h3-11,35H,12H2,1-2H3,(H2,29,32)(H,30,34)/t23-/m0/s1/i1D3,2D3. The number of aryl methyl sites for hydroxylation is 1. The van der Waals surface area contributed by atoms with E-state index in [0.717, 1.165) is 12.1 Å². The second-order valence-electron chi connectivity index (χ2n) is 7.64. The number of hydrogen-bond donors (Lipinski definition) is 3. The van der Waals surface area contributed by atoms with E-state index in [4.69, 9.17) is 14.0 Å². The van der Waals surface area contributed by atoms with Gasteiger partial charge in [-0.05, 0) is 54.7 Å². The Bertz CT molecular complexity index is 1630. The molecule has 0 saturated carbocycles. The monoisotopic (exact) mass is 493 g/mol. The summed E-state index contributed by atoms with van der Waals surface area (Å²) in [4.78, 5) is 17.0. The number of carbonyl (C=O) groups is 1. The smallest absolute Gasteiger partial charge is 0.296 e. The van der Waals surface area contributed by atoms with E-state index in [1.54, 1.807) is 5.32 Å². The number of amides is 1. The minimum atomic E-state index is -4.64. The Hall–Kier alpha value is -3.99. The molecule has 4 N–H and O–H groups in total. The van der Waals surface area contributed by atoms with Crippen molar-refractivity contribution < 1.29 is 35.7 Å². The van der Waals surface area contributed by atoms with Crippen LogP contribution in [0.1, 0.15) is 36.6 Å². The summed E-state index contributed by atoms with van der Waals surface area (Å²) in [6, 6.07) is 7.33. The first-order valence-corrected chi connectivity index (χ1v) is 9.96. The lowest BCUT2D eigenvalue weighted by Gasteiger charge is -2.33. The van der Waals surface area contributed by atoms with Crippen molar-refractivity contribution in [3.8, 4) is 11.1 Å². The molecular formula is C24H21F4N5O2. The van der Waals surface area contributed by atoms with Crippen LogP contribution in [0.3, 0.4) is 0 Å². The quantitative estimate of drug-likeness (QED) is 0.354. The number of aliphatic hydroxyl groups is 1. The van der Waals surface area contributed by atoms with E-state index in [-0.39, 0.29) is 22.7 Å². The van der Waals surface area contributed by atoms with Gasteiger partial charge in [-0.15, -0.1) is 5.10 Å². The number of fused-ring (bicyclic) bond motifs is 1. The number of nitrogens with zero attached hydrogens (tertiary/aromatic N) is 3. The van der Waals surface area contributed by atoms with E-state index >= 15 is 13.2 Å². The summed E-state index contributed by atoms with van der Waals surface area (Å²) < 4.78 is 107. The third-order valence-electron chi connectivity index (χ3n) is 5.30. The summed E-state index contributed by atoms with van der Waals surface area (Å²) in [7, 11) is 0. The van der Waals surface area contributed by atoms with Crippen LogP contribution in [-0.4, -0.2) is 38.1 Å². The number of rotatable bonds is 6. The minimum Gasteiger partial charge on any atom is -0.379 e. The molecule has 0 radical (unpaired) electrons. The number of benzene rings is 2. The number of nitrogen functional groups attached to an aromatic ring is 1. The van der Waals surface area contributed by atoms with Gasteiger partial charge >= 0.3 is 0 Å². The van der Waals surface area contributed by atoms with Crippen LogP contribution < -0.4 is 11.1 Å². The molecule has 0 spiro atoms. The molecule has 11 heteroatoms. The van der Waals surface area contributed by atoms with Gasteiger partial charge in [-0.25, -0.2) is 22.1 Å². The first-order valence-electron chi connectivity index (χ1n) is 13.0. The first kappa shape index (κ1) is 17.4. The van der Waals surface area contributed by atoms with Crippen molar-refractivity contribution in [3.05, 3.63) is 83.1 Å². The maximum atomic E-state index is 15.8. The molecule has 2 aromatic heterocycles. The van der Waals surface area contributed by atoms with Crippen molar-refractivity contribution in [2.75, 3.05) is 12.3 Å². The highest BCUT2D eigenvalue weighted by Crippen LogP contribution is 2.37. The second-order valence-corrected chi connectivity index (χ2v) is 7.64. The fourth-order valence-electron chi connectivity index (χ4n) is 3.40. The van der Waals surface area contributed by atoms with E-state index in [2.05, 4.69) is 10.1 Å². The van der Waals surface area contributed by atoms with Gasteiger partial charge in [0, 0.05) is 20.0 Å². The maximum absolute atomic E-state index is 15.8. The SMILES string of the molecule is [2H]C([2H])([2H])c1ccc(-c2ccn3nc(N)nc3c2)c(F)c1C(=O)NCC(F)(F)[C@@](O)(c1ccc(F)cc1)C([2H])([2H])[2H]. The number of carbonyl (C=O) groups excluding carboxylic acids is 1. The fourth-order valence-corrected chi connectivity index (χ4v) is 3.40. The second kappa shape index (κ2) is 8.66. The maximum Gasteiger partial charge on any atom is 0.296 e. The number of halogens is 4. The van der Waals surface area contributed by atoms with Crippen LogP contribution in [0.2, 0.25) is 0 Å². The van der Waals surface area contributed by atoms with E-state index in [9.17, 15) is 14.3 Å². The molecule has 0 aliphatic carbocycles. The number of nitrogens with one attached hydrogen (secondary N) is 1. The number of pyridine rings is 1. The molecule has 0 bridgehead atoms.